The lowest BCUT2D eigenvalue weighted by Crippen LogP contribution is -2.33. The number of thiophene rings is 1. The average molecular weight is 345 g/mol. The molecule has 1 aliphatic carbocycles. The van der Waals surface area contributed by atoms with Gasteiger partial charge in [0.25, 0.3) is 0 Å². The van der Waals surface area contributed by atoms with Crippen molar-refractivity contribution in [2.75, 3.05) is 26.7 Å². The smallest absolute Gasteiger partial charge is 0.0300 e. The van der Waals surface area contributed by atoms with Gasteiger partial charge in [0.2, 0.25) is 0 Å². The number of halogens is 1. The molecule has 0 aromatic carbocycles. The Morgan fingerprint density at radius 1 is 1.37 bits per heavy atom. The minimum Gasteiger partial charge on any atom is -0.311 e. The van der Waals surface area contributed by atoms with Gasteiger partial charge in [-0.2, -0.15) is 0 Å². The van der Waals surface area contributed by atoms with Gasteiger partial charge >= 0.3 is 0 Å². The van der Waals surface area contributed by atoms with Crippen LogP contribution < -0.4 is 5.32 Å². The van der Waals surface area contributed by atoms with Crippen LogP contribution in [0.5, 0.6) is 0 Å². The van der Waals surface area contributed by atoms with Gasteiger partial charge in [-0.3, -0.25) is 0 Å². The molecule has 0 saturated heterocycles. The highest BCUT2D eigenvalue weighted by Crippen LogP contribution is 2.24. The molecule has 0 unspecified atom stereocenters. The van der Waals surface area contributed by atoms with E-state index < -0.39 is 0 Å². The molecule has 2 rings (SSSR count). The first-order valence-electron chi connectivity index (χ1n) is 7.36. The molecular weight excluding hydrogens is 320 g/mol. The van der Waals surface area contributed by atoms with Gasteiger partial charge in [0, 0.05) is 40.9 Å². The van der Waals surface area contributed by atoms with Crippen molar-refractivity contribution in [1.82, 2.24) is 10.2 Å². The van der Waals surface area contributed by atoms with E-state index in [0.717, 1.165) is 25.6 Å². The van der Waals surface area contributed by atoms with Gasteiger partial charge in [0.15, 0.2) is 0 Å². The maximum absolute atomic E-state index is 3.53. The van der Waals surface area contributed by atoms with Gasteiger partial charge < -0.3 is 10.2 Å². The van der Waals surface area contributed by atoms with E-state index in [1.807, 2.05) is 11.3 Å². The van der Waals surface area contributed by atoms with Crippen LogP contribution in [0.1, 0.15) is 37.0 Å². The van der Waals surface area contributed by atoms with Crippen molar-refractivity contribution in [2.45, 2.75) is 38.6 Å². The molecule has 1 aliphatic rings. The van der Waals surface area contributed by atoms with E-state index in [0.29, 0.717) is 0 Å². The number of nitrogens with one attached hydrogen (secondary N) is 1. The van der Waals surface area contributed by atoms with Crippen LogP contribution in [-0.2, 0) is 6.54 Å². The van der Waals surface area contributed by atoms with Crippen LogP contribution in [0.2, 0.25) is 0 Å². The highest BCUT2D eigenvalue weighted by molar-refractivity contribution is 9.10. The molecule has 19 heavy (non-hydrogen) atoms. The first-order valence-corrected chi connectivity index (χ1v) is 9.03. The zero-order valence-corrected chi connectivity index (χ0v) is 14.2. The molecule has 1 saturated carbocycles. The first kappa shape index (κ1) is 15.5. The highest BCUT2D eigenvalue weighted by Gasteiger charge is 2.14. The Balaban J connectivity index is 1.54. The van der Waals surface area contributed by atoms with Crippen LogP contribution >= 0.6 is 27.3 Å². The fourth-order valence-electron chi connectivity index (χ4n) is 2.83. The Morgan fingerprint density at radius 3 is 2.84 bits per heavy atom. The molecule has 0 radical (unpaired) electrons. The fraction of sp³-hybridized carbons (Fsp3) is 0.733. The first-order chi connectivity index (χ1) is 9.24. The maximum atomic E-state index is 3.53. The summed E-state index contributed by atoms with van der Waals surface area (Å²) in [6, 6.07) is 2.20. The van der Waals surface area contributed by atoms with E-state index in [2.05, 4.69) is 44.6 Å². The highest BCUT2D eigenvalue weighted by atomic mass is 79.9. The van der Waals surface area contributed by atoms with E-state index in [1.54, 1.807) is 0 Å². The monoisotopic (exact) mass is 344 g/mol. The molecule has 1 aromatic heterocycles. The van der Waals surface area contributed by atoms with Gasteiger partial charge in [-0.05, 0) is 47.8 Å². The predicted molar refractivity (Wildman–Crippen MR) is 87.8 cm³/mol. The largest absolute Gasteiger partial charge is 0.311 e. The third kappa shape index (κ3) is 5.94. The molecule has 0 spiro atoms. The molecule has 4 heteroatoms. The minimum absolute atomic E-state index is 0.951. The van der Waals surface area contributed by atoms with Crippen molar-refractivity contribution in [1.29, 1.82) is 0 Å². The molecule has 0 aliphatic heterocycles. The Bertz CT molecular complexity index is 361. The average Bonchev–Trinajstić information content (AvgIpc) is 2.82. The summed E-state index contributed by atoms with van der Waals surface area (Å²) < 4.78 is 1.20. The summed E-state index contributed by atoms with van der Waals surface area (Å²) in [6.07, 6.45) is 7.24. The van der Waals surface area contributed by atoms with Crippen molar-refractivity contribution in [3.05, 3.63) is 20.8 Å². The molecule has 1 aromatic rings. The topological polar surface area (TPSA) is 15.3 Å². The number of hydrogen-bond donors (Lipinski definition) is 1. The van der Waals surface area contributed by atoms with Crippen LogP contribution in [0.15, 0.2) is 15.9 Å². The fourth-order valence-corrected chi connectivity index (χ4v) is 4.25. The molecule has 0 atom stereocenters. The van der Waals surface area contributed by atoms with Gasteiger partial charge in [0.1, 0.15) is 0 Å². The third-order valence-electron chi connectivity index (χ3n) is 3.89. The second-order valence-corrected chi connectivity index (χ2v) is 7.59. The molecule has 2 nitrogen and oxygen atoms in total. The third-order valence-corrected chi connectivity index (χ3v) is 5.58. The number of nitrogens with zero attached hydrogens (tertiary/aromatic N) is 1. The van der Waals surface area contributed by atoms with Crippen LogP contribution in [0.25, 0.3) is 0 Å². The lowest BCUT2D eigenvalue weighted by atomic mass is 9.89. The zero-order chi connectivity index (χ0) is 13.5. The molecule has 1 fully saturated rings. The summed E-state index contributed by atoms with van der Waals surface area (Å²) in [4.78, 5) is 3.90. The standard InChI is InChI=1S/C15H25BrN2S/c1-18(11-13-5-3-2-4-6-13)8-7-17-10-15-9-14(16)12-19-15/h9,12-13,17H,2-8,10-11H2,1H3. The number of likely N-dealkylation sites (N-methyl/N-ethyl adjacent to an activating group) is 1. The Hall–Kier alpha value is 0.1000. The van der Waals surface area contributed by atoms with Gasteiger partial charge in [0.05, 0.1) is 0 Å². The van der Waals surface area contributed by atoms with E-state index in [4.69, 9.17) is 0 Å². The Labute approximate surface area is 129 Å². The van der Waals surface area contributed by atoms with Crippen LogP contribution in [0.3, 0.4) is 0 Å². The Kier molecular flexibility index (Phi) is 6.85. The molecule has 0 amide bonds. The lowest BCUT2D eigenvalue weighted by molar-refractivity contribution is 0.233. The molecule has 0 bridgehead atoms. The summed E-state index contributed by atoms with van der Waals surface area (Å²) in [5, 5.41) is 5.68. The van der Waals surface area contributed by atoms with Gasteiger partial charge in [-0.1, -0.05) is 19.3 Å². The van der Waals surface area contributed by atoms with Crippen molar-refractivity contribution in [3.63, 3.8) is 0 Å². The van der Waals surface area contributed by atoms with Crippen molar-refractivity contribution in [3.8, 4) is 0 Å². The summed E-state index contributed by atoms with van der Waals surface area (Å²) in [7, 11) is 2.26. The van der Waals surface area contributed by atoms with E-state index >= 15 is 0 Å². The van der Waals surface area contributed by atoms with Crippen LogP contribution in [0.4, 0.5) is 0 Å². The van der Waals surface area contributed by atoms with Gasteiger partial charge in [-0.15, -0.1) is 11.3 Å². The Morgan fingerprint density at radius 2 is 2.16 bits per heavy atom. The molecular formula is C15H25BrN2S. The predicted octanol–water partition coefficient (Wildman–Crippen LogP) is 4.11. The minimum atomic E-state index is 0.951. The summed E-state index contributed by atoms with van der Waals surface area (Å²) in [5.74, 6) is 0.951. The normalized spacial score (nSPS) is 17.2. The summed E-state index contributed by atoms with van der Waals surface area (Å²) >= 11 is 5.31. The summed E-state index contributed by atoms with van der Waals surface area (Å²) in [5.41, 5.74) is 0. The SMILES string of the molecule is CN(CCNCc1cc(Br)cs1)CC1CCCCC1. The van der Waals surface area contributed by atoms with Crippen molar-refractivity contribution in [2.24, 2.45) is 5.92 Å². The van der Waals surface area contributed by atoms with E-state index in [-0.39, 0.29) is 0 Å². The molecule has 108 valence electrons. The quantitative estimate of drug-likeness (QED) is 0.748. The van der Waals surface area contributed by atoms with E-state index in [9.17, 15) is 0 Å². The molecule has 1 N–H and O–H groups in total. The van der Waals surface area contributed by atoms with Crippen molar-refractivity contribution >= 4 is 27.3 Å². The van der Waals surface area contributed by atoms with Gasteiger partial charge in [-0.25, -0.2) is 0 Å². The second kappa shape index (κ2) is 8.40. The number of rotatable bonds is 7. The zero-order valence-electron chi connectivity index (χ0n) is 11.8. The number of hydrogen-bond acceptors (Lipinski definition) is 3. The lowest BCUT2D eigenvalue weighted by Gasteiger charge is -2.27. The molecule has 1 heterocycles. The van der Waals surface area contributed by atoms with Crippen molar-refractivity contribution < 1.29 is 0 Å². The van der Waals surface area contributed by atoms with Crippen LogP contribution in [-0.4, -0.2) is 31.6 Å². The van der Waals surface area contributed by atoms with Crippen LogP contribution in [0, 0.1) is 5.92 Å². The van der Waals surface area contributed by atoms with E-state index in [1.165, 1.54) is 48.0 Å². The second-order valence-electron chi connectivity index (χ2n) is 5.67. The maximum Gasteiger partial charge on any atom is 0.0300 e. The summed E-state index contributed by atoms with van der Waals surface area (Å²) in [6.45, 7) is 4.52.